The average molecular weight is 576 g/mol. The molecule has 192 valence electrons. The second-order valence-electron chi connectivity index (χ2n) is 9.25. The van der Waals surface area contributed by atoms with E-state index in [1.54, 1.807) is 17.8 Å². The molecular weight excluding hydrogens is 544 g/mol. The number of carbonyl (C=O) groups is 2. The van der Waals surface area contributed by atoms with Gasteiger partial charge in [0.2, 0.25) is 10.0 Å². The van der Waals surface area contributed by atoms with Crippen molar-refractivity contribution in [3.63, 3.8) is 0 Å². The number of ketones is 1. The molecule has 2 aromatic carbocycles. The molecule has 1 aromatic heterocycles. The SMILES string of the molecule is CCCC(=O)CCCN(c1cc2nn(-c3ccc(Br)cc3)c(C(=O)NC)c2cc1C1CC1)S(C)(=O)=O. The molecule has 1 aliphatic rings. The van der Waals surface area contributed by atoms with Gasteiger partial charge in [0.1, 0.15) is 11.5 Å². The van der Waals surface area contributed by atoms with Gasteiger partial charge in [0.05, 0.1) is 23.1 Å². The molecule has 0 spiro atoms. The number of sulfonamides is 1. The van der Waals surface area contributed by atoms with E-state index in [0.29, 0.717) is 41.5 Å². The Morgan fingerprint density at radius 1 is 1.17 bits per heavy atom. The summed E-state index contributed by atoms with van der Waals surface area (Å²) in [5.41, 5.74) is 3.13. The predicted molar refractivity (Wildman–Crippen MR) is 145 cm³/mol. The van der Waals surface area contributed by atoms with Crippen LogP contribution in [0.25, 0.3) is 16.6 Å². The Bertz CT molecular complexity index is 1400. The van der Waals surface area contributed by atoms with Crippen LogP contribution in [0.15, 0.2) is 40.9 Å². The van der Waals surface area contributed by atoms with E-state index in [2.05, 4.69) is 21.2 Å². The van der Waals surface area contributed by atoms with Crippen molar-refractivity contribution in [1.82, 2.24) is 15.1 Å². The van der Waals surface area contributed by atoms with Gasteiger partial charge >= 0.3 is 0 Å². The van der Waals surface area contributed by atoms with E-state index < -0.39 is 10.0 Å². The highest BCUT2D eigenvalue weighted by Gasteiger charge is 2.32. The molecule has 1 saturated carbocycles. The number of Topliss-reactive ketones (excluding diaryl/α,β-unsaturated/α-hetero) is 1. The van der Waals surface area contributed by atoms with Crippen LogP contribution in [0, 0.1) is 0 Å². The molecule has 1 N–H and O–H groups in total. The number of fused-ring (bicyclic) bond motifs is 1. The summed E-state index contributed by atoms with van der Waals surface area (Å²) >= 11 is 3.44. The van der Waals surface area contributed by atoms with Gasteiger partial charge in [-0.25, -0.2) is 13.1 Å². The number of benzene rings is 2. The van der Waals surface area contributed by atoms with Crippen molar-refractivity contribution >= 4 is 54.2 Å². The van der Waals surface area contributed by atoms with Crippen LogP contribution in [0.4, 0.5) is 5.69 Å². The van der Waals surface area contributed by atoms with Crippen LogP contribution in [-0.2, 0) is 14.8 Å². The molecule has 0 saturated heterocycles. The summed E-state index contributed by atoms with van der Waals surface area (Å²) in [5.74, 6) is 0.0977. The normalized spacial score (nSPS) is 13.7. The Balaban J connectivity index is 1.84. The number of carbonyl (C=O) groups excluding carboxylic acids is 2. The van der Waals surface area contributed by atoms with Gasteiger partial charge in [0.25, 0.3) is 5.91 Å². The molecule has 36 heavy (non-hydrogen) atoms. The highest BCUT2D eigenvalue weighted by molar-refractivity contribution is 9.10. The Morgan fingerprint density at radius 3 is 2.44 bits per heavy atom. The van der Waals surface area contributed by atoms with Crippen molar-refractivity contribution in [3.8, 4) is 5.69 Å². The van der Waals surface area contributed by atoms with Crippen molar-refractivity contribution < 1.29 is 18.0 Å². The molecule has 1 heterocycles. The molecule has 0 bridgehead atoms. The number of rotatable bonds is 11. The van der Waals surface area contributed by atoms with Gasteiger partial charge in [-0.05, 0) is 73.6 Å². The number of amides is 1. The lowest BCUT2D eigenvalue weighted by atomic mass is 10.0. The molecule has 4 rings (SSSR count). The molecule has 0 radical (unpaired) electrons. The van der Waals surface area contributed by atoms with Crippen LogP contribution >= 0.6 is 15.9 Å². The van der Waals surface area contributed by atoms with Gasteiger partial charge in [-0.1, -0.05) is 22.9 Å². The van der Waals surface area contributed by atoms with Gasteiger partial charge in [0.15, 0.2) is 0 Å². The molecule has 0 unspecified atom stereocenters. The lowest BCUT2D eigenvalue weighted by molar-refractivity contribution is -0.119. The number of anilines is 1. The lowest BCUT2D eigenvalue weighted by Gasteiger charge is -2.25. The molecular formula is C26H31BrN4O4S. The maximum Gasteiger partial charge on any atom is 0.270 e. The average Bonchev–Trinajstić information content (AvgIpc) is 3.61. The van der Waals surface area contributed by atoms with Gasteiger partial charge in [-0.3, -0.25) is 13.9 Å². The Labute approximate surface area is 220 Å². The summed E-state index contributed by atoms with van der Waals surface area (Å²) in [6.45, 7) is 2.17. The minimum Gasteiger partial charge on any atom is -0.354 e. The van der Waals surface area contributed by atoms with E-state index in [1.165, 1.54) is 10.6 Å². The fraction of sp³-hybridized carbons (Fsp3) is 0.423. The van der Waals surface area contributed by atoms with Gasteiger partial charge in [-0.15, -0.1) is 0 Å². The first-order valence-electron chi connectivity index (χ1n) is 12.2. The molecule has 0 atom stereocenters. The first-order valence-corrected chi connectivity index (χ1v) is 14.8. The molecule has 1 amide bonds. The minimum absolute atomic E-state index is 0.146. The van der Waals surface area contributed by atoms with Crippen molar-refractivity contribution in [1.29, 1.82) is 0 Å². The zero-order chi connectivity index (χ0) is 26.0. The van der Waals surface area contributed by atoms with Crippen LogP contribution in [0.2, 0.25) is 0 Å². The fourth-order valence-corrected chi connectivity index (χ4v) is 5.71. The number of hydrogen-bond donors (Lipinski definition) is 1. The van der Waals surface area contributed by atoms with Crippen molar-refractivity contribution in [2.75, 3.05) is 24.2 Å². The second kappa shape index (κ2) is 10.7. The van der Waals surface area contributed by atoms with E-state index in [9.17, 15) is 18.0 Å². The maximum atomic E-state index is 13.0. The third-order valence-corrected chi connectivity index (χ3v) is 8.07. The Morgan fingerprint density at radius 2 is 1.86 bits per heavy atom. The quantitative estimate of drug-likeness (QED) is 0.349. The molecule has 3 aromatic rings. The predicted octanol–water partition coefficient (Wildman–Crippen LogP) is 4.94. The van der Waals surface area contributed by atoms with E-state index in [0.717, 1.165) is 35.0 Å². The molecule has 10 heteroatoms. The Kier molecular flexibility index (Phi) is 7.85. The summed E-state index contributed by atoms with van der Waals surface area (Å²) < 4.78 is 29.7. The zero-order valence-electron chi connectivity index (χ0n) is 20.8. The highest BCUT2D eigenvalue weighted by atomic mass is 79.9. The summed E-state index contributed by atoms with van der Waals surface area (Å²) in [7, 11) is -2.03. The van der Waals surface area contributed by atoms with Crippen molar-refractivity contribution in [2.45, 2.75) is 51.4 Å². The standard InChI is InChI=1S/C26H31BrN4O4S/c1-4-6-20(32)7-5-14-30(36(3,34)35)24-16-23-22(15-21(24)17-8-9-17)25(26(33)28-2)31(29-23)19-12-10-18(27)11-13-19/h10-13,15-17H,4-9,14H2,1-3H3,(H,28,33). The number of nitrogens with one attached hydrogen (secondary N) is 1. The lowest BCUT2D eigenvalue weighted by Crippen LogP contribution is -2.32. The van der Waals surface area contributed by atoms with Crippen LogP contribution < -0.4 is 9.62 Å². The van der Waals surface area contributed by atoms with Gasteiger partial charge in [-0.2, -0.15) is 5.10 Å². The first-order chi connectivity index (χ1) is 17.1. The Hall–Kier alpha value is -2.72. The summed E-state index contributed by atoms with van der Waals surface area (Å²) in [4.78, 5) is 25.0. The zero-order valence-corrected chi connectivity index (χ0v) is 23.2. The summed E-state index contributed by atoms with van der Waals surface area (Å²) in [6, 6.07) is 11.2. The van der Waals surface area contributed by atoms with Crippen LogP contribution in [0.1, 0.15) is 67.4 Å². The number of halogens is 1. The van der Waals surface area contributed by atoms with Crippen LogP contribution in [-0.4, -0.2) is 49.7 Å². The van der Waals surface area contributed by atoms with E-state index in [-0.39, 0.29) is 24.2 Å². The third kappa shape index (κ3) is 5.64. The number of aromatic nitrogens is 2. The second-order valence-corrected chi connectivity index (χ2v) is 12.1. The molecule has 1 aliphatic carbocycles. The topological polar surface area (TPSA) is 101 Å². The number of hydrogen-bond acceptors (Lipinski definition) is 5. The first kappa shape index (κ1) is 26.3. The van der Waals surface area contributed by atoms with Gasteiger partial charge < -0.3 is 5.32 Å². The fourth-order valence-electron chi connectivity index (χ4n) is 4.47. The summed E-state index contributed by atoms with van der Waals surface area (Å²) in [6.07, 6.45) is 5.20. The van der Waals surface area contributed by atoms with Crippen molar-refractivity contribution in [2.24, 2.45) is 0 Å². The van der Waals surface area contributed by atoms with E-state index in [1.807, 2.05) is 37.3 Å². The minimum atomic E-state index is -3.60. The maximum absolute atomic E-state index is 13.0. The van der Waals surface area contributed by atoms with Crippen LogP contribution in [0.5, 0.6) is 0 Å². The van der Waals surface area contributed by atoms with Gasteiger partial charge in [0, 0.05) is 36.3 Å². The highest BCUT2D eigenvalue weighted by Crippen LogP contribution is 2.46. The van der Waals surface area contributed by atoms with Crippen molar-refractivity contribution in [3.05, 3.63) is 52.1 Å². The summed E-state index contributed by atoms with van der Waals surface area (Å²) in [5, 5.41) is 8.11. The largest absolute Gasteiger partial charge is 0.354 e. The smallest absolute Gasteiger partial charge is 0.270 e. The van der Waals surface area contributed by atoms with E-state index in [4.69, 9.17) is 5.10 Å². The molecule has 8 nitrogen and oxygen atoms in total. The third-order valence-electron chi connectivity index (χ3n) is 6.36. The molecule has 1 fully saturated rings. The monoisotopic (exact) mass is 574 g/mol. The van der Waals surface area contributed by atoms with E-state index >= 15 is 0 Å². The molecule has 0 aliphatic heterocycles. The van der Waals surface area contributed by atoms with Crippen LogP contribution in [0.3, 0.4) is 0 Å². The number of nitrogens with zero attached hydrogens (tertiary/aromatic N) is 3.